The molecule has 1 nitrogen and oxygen atoms in total. The summed E-state index contributed by atoms with van der Waals surface area (Å²) in [5, 5.41) is 0.775. The molecule has 0 amide bonds. The molecule has 0 unspecified atom stereocenters. The lowest BCUT2D eigenvalue weighted by atomic mass is 10.2. The molecule has 0 N–H and O–H groups in total. The van der Waals surface area contributed by atoms with E-state index >= 15 is 0 Å². The molecule has 0 aliphatic carbocycles. The molecular weight excluding hydrogens is 345 g/mol. The fraction of sp³-hybridized carbons (Fsp3) is 0.0714. The van der Waals surface area contributed by atoms with Crippen LogP contribution in [0.2, 0.25) is 5.02 Å². The maximum atomic E-state index is 6.07. The molecule has 1 aromatic carbocycles. The van der Waals surface area contributed by atoms with Gasteiger partial charge in [0.25, 0.3) is 0 Å². The van der Waals surface area contributed by atoms with Gasteiger partial charge in [0.1, 0.15) is 7.05 Å². The highest BCUT2D eigenvalue weighted by atomic mass is 127. The average molecular weight is 358 g/mol. The van der Waals surface area contributed by atoms with Crippen LogP contribution in [0.25, 0.3) is 12.2 Å². The molecular formula is C14H13ClIN. The summed E-state index contributed by atoms with van der Waals surface area (Å²) in [7, 11) is 2.02. The molecule has 2 rings (SSSR count). The number of aryl methyl sites for hydroxylation is 1. The number of nitrogens with zero attached hydrogens (tertiary/aromatic N) is 1. The minimum Gasteiger partial charge on any atom is -1.00 e. The molecule has 1 heterocycles. The third-order valence-electron chi connectivity index (χ3n) is 2.43. The normalized spacial score (nSPS) is 10.2. The molecule has 0 aliphatic heterocycles. The molecule has 17 heavy (non-hydrogen) atoms. The van der Waals surface area contributed by atoms with Crippen LogP contribution < -0.4 is 28.5 Å². The Morgan fingerprint density at radius 2 is 1.71 bits per heavy atom. The third-order valence-corrected chi connectivity index (χ3v) is 2.78. The second-order valence-corrected chi connectivity index (χ2v) is 4.00. The predicted molar refractivity (Wildman–Crippen MR) is 68.0 cm³/mol. The molecule has 0 saturated heterocycles. The van der Waals surface area contributed by atoms with Crippen molar-refractivity contribution < 1.29 is 28.5 Å². The third kappa shape index (κ3) is 3.82. The monoisotopic (exact) mass is 357 g/mol. The summed E-state index contributed by atoms with van der Waals surface area (Å²) in [6.07, 6.45) is 6.10. The van der Waals surface area contributed by atoms with Crippen molar-refractivity contribution in [2.45, 2.75) is 0 Å². The van der Waals surface area contributed by atoms with E-state index in [-0.39, 0.29) is 24.0 Å². The quantitative estimate of drug-likeness (QED) is 0.539. The summed E-state index contributed by atoms with van der Waals surface area (Å²) >= 11 is 6.07. The topological polar surface area (TPSA) is 3.88 Å². The van der Waals surface area contributed by atoms with Gasteiger partial charge in [0, 0.05) is 23.2 Å². The summed E-state index contributed by atoms with van der Waals surface area (Å²) in [6, 6.07) is 13.9. The van der Waals surface area contributed by atoms with Crippen LogP contribution in [0.4, 0.5) is 0 Å². The standard InChI is InChI=1S/C14H13ClN.HI/c1-16-11-5-4-7-13(16)10-9-12-6-2-3-8-14(12)15;/h2-11H,1H3;1H/q+1;/p-1/b10-9+;. The van der Waals surface area contributed by atoms with Crippen LogP contribution in [0.3, 0.4) is 0 Å². The second kappa shape index (κ2) is 6.77. The summed E-state index contributed by atoms with van der Waals surface area (Å²) in [5.41, 5.74) is 2.18. The number of halogens is 2. The maximum Gasteiger partial charge on any atom is 0.204 e. The van der Waals surface area contributed by atoms with Crippen LogP contribution in [0.5, 0.6) is 0 Å². The van der Waals surface area contributed by atoms with Crippen LogP contribution in [0.1, 0.15) is 11.3 Å². The van der Waals surface area contributed by atoms with Crippen LogP contribution in [0.15, 0.2) is 48.7 Å². The van der Waals surface area contributed by atoms with Gasteiger partial charge in [-0.25, -0.2) is 4.57 Å². The molecule has 0 fully saturated rings. The van der Waals surface area contributed by atoms with E-state index in [1.54, 1.807) is 0 Å². The van der Waals surface area contributed by atoms with Crippen LogP contribution in [-0.4, -0.2) is 0 Å². The summed E-state index contributed by atoms with van der Waals surface area (Å²) in [5.74, 6) is 0. The largest absolute Gasteiger partial charge is 1.00 e. The van der Waals surface area contributed by atoms with Crippen molar-refractivity contribution in [2.24, 2.45) is 7.05 Å². The molecule has 2 aromatic rings. The Balaban J connectivity index is 0.00000144. The van der Waals surface area contributed by atoms with Gasteiger partial charge in [0.15, 0.2) is 6.20 Å². The van der Waals surface area contributed by atoms with Gasteiger partial charge >= 0.3 is 0 Å². The zero-order chi connectivity index (χ0) is 11.4. The van der Waals surface area contributed by atoms with Gasteiger partial charge in [-0.2, -0.15) is 0 Å². The van der Waals surface area contributed by atoms with Crippen molar-refractivity contribution in [3.63, 3.8) is 0 Å². The van der Waals surface area contributed by atoms with Gasteiger partial charge < -0.3 is 24.0 Å². The predicted octanol–water partition coefficient (Wildman–Crippen LogP) is 0.339. The maximum absolute atomic E-state index is 6.07. The van der Waals surface area contributed by atoms with Crippen molar-refractivity contribution >= 4 is 23.8 Å². The summed E-state index contributed by atoms with van der Waals surface area (Å²) in [4.78, 5) is 0. The van der Waals surface area contributed by atoms with Gasteiger partial charge in [0.05, 0.1) is 0 Å². The summed E-state index contributed by atoms with van der Waals surface area (Å²) in [6.45, 7) is 0. The first-order chi connectivity index (χ1) is 7.77. The molecule has 0 spiro atoms. The Kier molecular flexibility index (Phi) is 5.65. The van der Waals surface area contributed by atoms with Crippen molar-refractivity contribution in [3.05, 3.63) is 64.9 Å². The van der Waals surface area contributed by atoms with Crippen LogP contribution in [0, 0.1) is 0 Å². The fourth-order valence-corrected chi connectivity index (χ4v) is 1.69. The summed E-state index contributed by atoms with van der Waals surface area (Å²) < 4.78 is 2.06. The van der Waals surface area contributed by atoms with E-state index in [2.05, 4.69) is 16.7 Å². The Bertz CT molecular complexity index is 476. The molecule has 0 atom stereocenters. The van der Waals surface area contributed by atoms with Crippen molar-refractivity contribution in [1.82, 2.24) is 0 Å². The van der Waals surface area contributed by atoms with Gasteiger partial charge in [-0.1, -0.05) is 29.8 Å². The molecule has 1 aromatic heterocycles. The van der Waals surface area contributed by atoms with Gasteiger partial charge in [-0.3, -0.25) is 0 Å². The van der Waals surface area contributed by atoms with E-state index < -0.39 is 0 Å². The van der Waals surface area contributed by atoms with E-state index in [0.29, 0.717) is 0 Å². The first kappa shape index (κ1) is 14.2. The van der Waals surface area contributed by atoms with Crippen molar-refractivity contribution in [3.8, 4) is 0 Å². The Hall–Kier alpha value is -0.870. The molecule has 3 heteroatoms. The van der Waals surface area contributed by atoms with Crippen molar-refractivity contribution in [1.29, 1.82) is 0 Å². The Morgan fingerprint density at radius 3 is 2.41 bits per heavy atom. The van der Waals surface area contributed by atoms with Crippen LogP contribution in [-0.2, 0) is 7.05 Å². The smallest absolute Gasteiger partial charge is 0.204 e. The zero-order valence-corrected chi connectivity index (χ0v) is 12.4. The molecule has 0 radical (unpaired) electrons. The molecule has 88 valence electrons. The average Bonchev–Trinajstić information content (AvgIpc) is 2.30. The number of benzene rings is 1. The fourth-order valence-electron chi connectivity index (χ4n) is 1.50. The van der Waals surface area contributed by atoms with E-state index in [1.165, 1.54) is 0 Å². The second-order valence-electron chi connectivity index (χ2n) is 3.59. The van der Waals surface area contributed by atoms with E-state index in [1.807, 2.05) is 55.7 Å². The number of pyridine rings is 1. The number of aromatic nitrogens is 1. The lowest BCUT2D eigenvalue weighted by Gasteiger charge is -1.96. The van der Waals surface area contributed by atoms with Gasteiger partial charge in [-0.05, 0) is 23.8 Å². The lowest BCUT2D eigenvalue weighted by Crippen LogP contribution is -3.00. The minimum atomic E-state index is 0. The highest BCUT2D eigenvalue weighted by Crippen LogP contribution is 2.17. The van der Waals surface area contributed by atoms with E-state index in [9.17, 15) is 0 Å². The van der Waals surface area contributed by atoms with Crippen LogP contribution >= 0.6 is 11.6 Å². The minimum absolute atomic E-state index is 0. The Morgan fingerprint density at radius 1 is 1.00 bits per heavy atom. The Labute approximate surface area is 124 Å². The number of rotatable bonds is 2. The SMILES string of the molecule is C[n+]1ccccc1/C=C/c1ccccc1Cl.[I-]. The number of hydrogen-bond donors (Lipinski definition) is 0. The molecule has 0 bridgehead atoms. The highest BCUT2D eigenvalue weighted by molar-refractivity contribution is 6.32. The highest BCUT2D eigenvalue weighted by Gasteiger charge is 1.99. The molecule has 0 saturated carbocycles. The van der Waals surface area contributed by atoms with Gasteiger partial charge in [-0.15, -0.1) is 0 Å². The number of hydrogen-bond acceptors (Lipinski definition) is 0. The van der Waals surface area contributed by atoms with Gasteiger partial charge in [0.2, 0.25) is 5.69 Å². The van der Waals surface area contributed by atoms with E-state index in [4.69, 9.17) is 11.6 Å². The van der Waals surface area contributed by atoms with E-state index in [0.717, 1.165) is 16.3 Å². The zero-order valence-electron chi connectivity index (χ0n) is 9.48. The first-order valence-electron chi connectivity index (χ1n) is 5.14. The first-order valence-corrected chi connectivity index (χ1v) is 5.52. The van der Waals surface area contributed by atoms with Crippen molar-refractivity contribution in [2.75, 3.05) is 0 Å². The lowest BCUT2D eigenvalue weighted by molar-refractivity contribution is -0.673. The molecule has 0 aliphatic rings.